The van der Waals surface area contributed by atoms with Crippen LogP contribution in [0.15, 0.2) is 45.8 Å². The van der Waals surface area contributed by atoms with E-state index in [1.807, 2.05) is 0 Å². The highest BCUT2D eigenvalue weighted by molar-refractivity contribution is 9.10. The van der Waals surface area contributed by atoms with Gasteiger partial charge >= 0.3 is 0 Å². The van der Waals surface area contributed by atoms with Crippen molar-refractivity contribution < 1.29 is 22.3 Å². The van der Waals surface area contributed by atoms with Gasteiger partial charge in [0.15, 0.2) is 0 Å². The smallest absolute Gasteiger partial charge is 0.256 e. The number of carbonyl (C=O) groups is 1. The number of nitrogens with one attached hydrogen (secondary N) is 1. The number of nitrogens with zero attached hydrogens (tertiary/aromatic N) is 1. The number of ether oxygens (including phenoxy) is 1. The molecule has 3 rings (SSSR count). The van der Waals surface area contributed by atoms with Crippen molar-refractivity contribution in [2.75, 3.05) is 25.5 Å². The van der Waals surface area contributed by atoms with Crippen LogP contribution in [-0.4, -0.2) is 38.8 Å². The van der Waals surface area contributed by atoms with Crippen LogP contribution in [0.4, 0.5) is 10.1 Å². The fourth-order valence-electron chi connectivity index (χ4n) is 3.07. The van der Waals surface area contributed by atoms with E-state index in [-0.39, 0.29) is 21.9 Å². The number of methoxy groups -OCH3 is 1. The summed E-state index contributed by atoms with van der Waals surface area (Å²) >= 11 is 3.22. The Morgan fingerprint density at radius 3 is 2.54 bits per heavy atom. The molecule has 1 fully saturated rings. The molecule has 6 nitrogen and oxygen atoms in total. The number of sulfonamides is 1. The number of rotatable bonds is 5. The second kappa shape index (κ2) is 8.59. The molecule has 2 aromatic carbocycles. The predicted molar refractivity (Wildman–Crippen MR) is 108 cm³/mol. The molecule has 1 saturated heterocycles. The fourth-order valence-corrected chi connectivity index (χ4v) is 5.20. The van der Waals surface area contributed by atoms with Crippen molar-refractivity contribution in [1.29, 1.82) is 0 Å². The summed E-state index contributed by atoms with van der Waals surface area (Å²) in [5.74, 6) is -0.898. The van der Waals surface area contributed by atoms with Crippen LogP contribution in [0.25, 0.3) is 0 Å². The minimum atomic E-state index is -3.75. The van der Waals surface area contributed by atoms with Gasteiger partial charge in [-0.3, -0.25) is 4.79 Å². The molecule has 150 valence electrons. The van der Waals surface area contributed by atoms with Gasteiger partial charge in [-0.2, -0.15) is 4.31 Å². The summed E-state index contributed by atoms with van der Waals surface area (Å²) in [6, 6.07) is 8.18. The SMILES string of the molecule is COc1ccc(NC(=O)c2cc(F)ccc2Br)cc1S(=O)(=O)N1CCCCC1. The normalized spacial score (nSPS) is 15.2. The second-order valence-electron chi connectivity index (χ2n) is 6.41. The van der Waals surface area contributed by atoms with Crippen LogP contribution < -0.4 is 10.1 Å². The van der Waals surface area contributed by atoms with E-state index in [9.17, 15) is 17.6 Å². The first-order valence-electron chi connectivity index (χ1n) is 8.77. The van der Waals surface area contributed by atoms with Crippen molar-refractivity contribution in [3.8, 4) is 5.75 Å². The van der Waals surface area contributed by atoms with Crippen LogP contribution in [0.2, 0.25) is 0 Å². The van der Waals surface area contributed by atoms with E-state index >= 15 is 0 Å². The van der Waals surface area contributed by atoms with Crippen molar-refractivity contribution >= 4 is 37.5 Å². The monoisotopic (exact) mass is 470 g/mol. The van der Waals surface area contributed by atoms with Crippen LogP contribution in [0, 0.1) is 5.82 Å². The highest BCUT2D eigenvalue weighted by Gasteiger charge is 2.29. The van der Waals surface area contributed by atoms with Gasteiger partial charge in [-0.25, -0.2) is 12.8 Å². The number of halogens is 2. The first kappa shape index (κ1) is 20.8. The van der Waals surface area contributed by atoms with Gasteiger partial charge in [-0.15, -0.1) is 0 Å². The van der Waals surface area contributed by atoms with E-state index in [0.717, 1.165) is 25.3 Å². The largest absolute Gasteiger partial charge is 0.495 e. The molecular formula is C19H20BrFN2O4S. The molecule has 1 aliphatic heterocycles. The van der Waals surface area contributed by atoms with Gasteiger partial charge in [0.1, 0.15) is 16.5 Å². The molecule has 1 amide bonds. The van der Waals surface area contributed by atoms with Crippen molar-refractivity contribution in [1.82, 2.24) is 4.31 Å². The van der Waals surface area contributed by atoms with Crippen LogP contribution in [0.5, 0.6) is 5.75 Å². The Labute approximate surface area is 171 Å². The zero-order valence-electron chi connectivity index (χ0n) is 15.2. The lowest BCUT2D eigenvalue weighted by atomic mass is 10.2. The average molecular weight is 471 g/mol. The lowest BCUT2D eigenvalue weighted by molar-refractivity contribution is 0.102. The van der Waals surface area contributed by atoms with E-state index in [2.05, 4.69) is 21.2 Å². The fraction of sp³-hybridized carbons (Fsp3) is 0.316. The van der Waals surface area contributed by atoms with Crippen molar-refractivity contribution in [2.45, 2.75) is 24.2 Å². The standard InChI is InChI=1S/C19H20BrFN2O4S/c1-27-17-8-6-14(22-19(24)15-11-13(21)5-7-16(15)20)12-18(17)28(25,26)23-9-3-2-4-10-23/h5-8,11-12H,2-4,9-10H2,1H3,(H,22,24). The molecule has 2 aromatic rings. The van der Waals surface area contributed by atoms with E-state index in [1.54, 1.807) is 6.07 Å². The number of amides is 1. The first-order valence-corrected chi connectivity index (χ1v) is 11.0. The van der Waals surface area contributed by atoms with Crippen LogP contribution in [-0.2, 0) is 10.0 Å². The number of anilines is 1. The lowest BCUT2D eigenvalue weighted by Crippen LogP contribution is -2.35. The number of hydrogen-bond donors (Lipinski definition) is 1. The highest BCUT2D eigenvalue weighted by Crippen LogP contribution is 2.31. The maximum absolute atomic E-state index is 13.5. The van der Waals surface area contributed by atoms with Gasteiger partial charge in [0, 0.05) is 23.2 Å². The third kappa shape index (κ3) is 4.37. The summed E-state index contributed by atoms with van der Waals surface area (Å²) in [7, 11) is -2.36. The number of benzene rings is 2. The Morgan fingerprint density at radius 1 is 1.14 bits per heavy atom. The predicted octanol–water partition coefficient (Wildman–Crippen LogP) is 4.02. The van der Waals surface area contributed by atoms with Gasteiger partial charge in [-0.1, -0.05) is 6.42 Å². The molecule has 9 heteroatoms. The summed E-state index contributed by atoms with van der Waals surface area (Å²) in [5.41, 5.74) is 0.383. The Balaban J connectivity index is 1.92. The van der Waals surface area contributed by atoms with E-state index < -0.39 is 21.7 Å². The van der Waals surface area contributed by atoms with Gasteiger partial charge in [0.05, 0.1) is 12.7 Å². The molecule has 1 heterocycles. The van der Waals surface area contributed by atoms with Crippen molar-refractivity contribution in [3.05, 3.63) is 52.3 Å². The maximum Gasteiger partial charge on any atom is 0.256 e. The van der Waals surface area contributed by atoms with Crippen LogP contribution >= 0.6 is 15.9 Å². The zero-order valence-corrected chi connectivity index (χ0v) is 17.6. The molecule has 0 aromatic heterocycles. The Bertz CT molecular complexity index is 991. The molecule has 0 atom stereocenters. The number of carbonyl (C=O) groups excluding carboxylic acids is 1. The van der Waals surface area contributed by atoms with Crippen molar-refractivity contribution in [3.63, 3.8) is 0 Å². The molecule has 1 aliphatic rings. The third-order valence-electron chi connectivity index (χ3n) is 4.53. The summed E-state index contributed by atoms with van der Waals surface area (Å²) in [6.07, 6.45) is 2.62. The summed E-state index contributed by atoms with van der Waals surface area (Å²) in [5, 5.41) is 2.62. The molecule has 0 unspecified atom stereocenters. The van der Waals surface area contributed by atoms with E-state index in [1.165, 1.54) is 35.7 Å². The van der Waals surface area contributed by atoms with Crippen LogP contribution in [0.3, 0.4) is 0 Å². The maximum atomic E-state index is 13.5. The molecule has 1 N–H and O–H groups in total. The zero-order chi connectivity index (χ0) is 20.3. The summed E-state index contributed by atoms with van der Waals surface area (Å²) in [4.78, 5) is 12.5. The first-order chi connectivity index (χ1) is 13.3. The average Bonchev–Trinajstić information content (AvgIpc) is 2.70. The molecular weight excluding hydrogens is 451 g/mol. The summed E-state index contributed by atoms with van der Waals surface area (Å²) < 4.78 is 46.7. The molecule has 0 saturated carbocycles. The van der Waals surface area contributed by atoms with Gasteiger partial charge < -0.3 is 10.1 Å². The minimum absolute atomic E-state index is 0.00647. The van der Waals surface area contributed by atoms with Gasteiger partial charge in [0.25, 0.3) is 5.91 Å². The number of hydrogen-bond acceptors (Lipinski definition) is 4. The van der Waals surface area contributed by atoms with Gasteiger partial charge in [-0.05, 0) is 65.2 Å². The molecule has 0 aliphatic carbocycles. The Morgan fingerprint density at radius 2 is 1.86 bits per heavy atom. The third-order valence-corrected chi connectivity index (χ3v) is 7.14. The molecule has 0 bridgehead atoms. The van der Waals surface area contributed by atoms with E-state index in [0.29, 0.717) is 17.6 Å². The van der Waals surface area contributed by atoms with Crippen LogP contribution in [0.1, 0.15) is 29.6 Å². The molecule has 0 radical (unpaired) electrons. The van der Waals surface area contributed by atoms with Crippen molar-refractivity contribution in [2.24, 2.45) is 0 Å². The highest BCUT2D eigenvalue weighted by atomic mass is 79.9. The van der Waals surface area contributed by atoms with E-state index in [4.69, 9.17) is 4.74 Å². The summed E-state index contributed by atoms with van der Waals surface area (Å²) in [6.45, 7) is 0.913. The Kier molecular flexibility index (Phi) is 6.36. The topological polar surface area (TPSA) is 75.7 Å². The minimum Gasteiger partial charge on any atom is -0.495 e. The quantitative estimate of drug-likeness (QED) is 0.715. The lowest BCUT2D eigenvalue weighted by Gasteiger charge is -2.26. The molecule has 28 heavy (non-hydrogen) atoms. The molecule has 0 spiro atoms. The Hall–Kier alpha value is -1.97. The van der Waals surface area contributed by atoms with Gasteiger partial charge in [0.2, 0.25) is 10.0 Å². The second-order valence-corrected chi connectivity index (χ2v) is 9.17. The number of piperidine rings is 1.